The van der Waals surface area contributed by atoms with Crippen LogP contribution in [0, 0.1) is 11.6 Å². The van der Waals surface area contributed by atoms with Crippen LogP contribution < -0.4 is 4.74 Å². The molecule has 2 aromatic carbocycles. The lowest BCUT2D eigenvalue weighted by atomic mass is 10.3. The van der Waals surface area contributed by atoms with Crippen LogP contribution in [0.15, 0.2) is 46.9 Å². The van der Waals surface area contributed by atoms with Crippen LogP contribution in [0.25, 0.3) is 0 Å². The Morgan fingerprint density at radius 2 is 1.50 bits per heavy atom. The molecule has 0 aliphatic rings. The van der Waals surface area contributed by atoms with Gasteiger partial charge in [0.25, 0.3) is 0 Å². The fourth-order valence-electron chi connectivity index (χ4n) is 1.23. The lowest BCUT2D eigenvalue weighted by molar-refractivity contribution is 0.474. The quantitative estimate of drug-likeness (QED) is 0.788. The molecule has 0 bridgehead atoms. The third kappa shape index (κ3) is 2.79. The van der Waals surface area contributed by atoms with Gasteiger partial charge in [0, 0.05) is 10.5 Å². The zero-order valence-corrected chi connectivity index (χ0v) is 9.67. The van der Waals surface area contributed by atoms with Crippen LogP contribution in [0.2, 0.25) is 0 Å². The van der Waals surface area contributed by atoms with Crippen LogP contribution in [-0.2, 0) is 0 Å². The van der Waals surface area contributed by atoms with Gasteiger partial charge in [-0.05, 0) is 36.4 Å². The van der Waals surface area contributed by atoms with E-state index in [9.17, 15) is 8.78 Å². The van der Waals surface area contributed by atoms with Gasteiger partial charge in [-0.1, -0.05) is 15.9 Å². The molecule has 16 heavy (non-hydrogen) atoms. The molecule has 0 N–H and O–H groups in total. The van der Waals surface area contributed by atoms with Crippen molar-refractivity contribution in [3.8, 4) is 11.5 Å². The molecule has 2 aromatic rings. The normalized spacial score (nSPS) is 10.2. The van der Waals surface area contributed by atoms with Gasteiger partial charge < -0.3 is 4.74 Å². The van der Waals surface area contributed by atoms with Crippen molar-refractivity contribution >= 4 is 15.9 Å². The van der Waals surface area contributed by atoms with E-state index in [1.165, 1.54) is 36.4 Å². The second kappa shape index (κ2) is 4.61. The molecule has 2 rings (SSSR count). The van der Waals surface area contributed by atoms with E-state index < -0.39 is 5.82 Å². The largest absolute Gasteiger partial charge is 0.457 e. The third-order valence-electron chi connectivity index (χ3n) is 1.89. The van der Waals surface area contributed by atoms with E-state index in [4.69, 9.17) is 4.74 Å². The smallest absolute Gasteiger partial charge is 0.131 e. The van der Waals surface area contributed by atoms with Crippen LogP contribution in [0.5, 0.6) is 11.5 Å². The topological polar surface area (TPSA) is 9.23 Å². The van der Waals surface area contributed by atoms with Crippen molar-refractivity contribution in [3.05, 3.63) is 58.6 Å². The molecule has 0 heterocycles. The summed E-state index contributed by atoms with van der Waals surface area (Å²) in [5.41, 5.74) is 0. The number of hydrogen-bond acceptors (Lipinski definition) is 1. The maximum Gasteiger partial charge on any atom is 0.131 e. The Morgan fingerprint density at radius 1 is 0.812 bits per heavy atom. The Morgan fingerprint density at radius 3 is 2.12 bits per heavy atom. The highest BCUT2D eigenvalue weighted by Gasteiger charge is 2.01. The molecule has 82 valence electrons. The van der Waals surface area contributed by atoms with Crippen molar-refractivity contribution in [1.82, 2.24) is 0 Å². The molecular weight excluding hydrogens is 278 g/mol. The molecule has 0 spiro atoms. The van der Waals surface area contributed by atoms with Crippen molar-refractivity contribution < 1.29 is 13.5 Å². The lowest BCUT2D eigenvalue weighted by Gasteiger charge is -2.06. The Balaban J connectivity index is 2.23. The molecule has 1 nitrogen and oxygen atoms in total. The minimum atomic E-state index is -0.397. The Hall–Kier alpha value is -1.42. The minimum Gasteiger partial charge on any atom is -0.457 e. The Bertz CT molecular complexity index is 477. The third-order valence-corrected chi connectivity index (χ3v) is 2.34. The number of halogens is 3. The standard InChI is InChI=1S/C12H7BrF2O/c13-8-5-10(15)7-12(6-8)16-11-3-1-9(14)2-4-11/h1-7H. The first kappa shape index (κ1) is 11.1. The van der Waals surface area contributed by atoms with E-state index in [1.54, 1.807) is 6.07 Å². The van der Waals surface area contributed by atoms with Gasteiger partial charge in [-0.15, -0.1) is 0 Å². The summed E-state index contributed by atoms with van der Waals surface area (Å²) >= 11 is 3.16. The molecule has 0 aromatic heterocycles. The highest BCUT2D eigenvalue weighted by atomic mass is 79.9. The fourth-order valence-corrected chi connectivity index (χ4v) is 1.67. The lowest BCUT2D eigenvalue weighted by Crippen LogP contribution is -1.86. The first-order chi connectivity index (χ1) is 7.63. The van der Waals surface area contributed by atoms with E-state index in [0.717, 1.165) is 0 Å². The SMILES string of the molecule is Fc1ccc(Oc2cc(F)cc(Br)c2)cc1. The van der Waals surface area contributed by atoms with Crippen LogP contribution in [0.3, 0.4) is 0 Å². The summed E-state index contributed by atoms with van der Waals surface area (Å²) in [6.07, 6.45) is 0. The molecule has 0 saturated carbocycles. The molecule has 0 aliphatic carbocycles. The van der Waals surface area contributed by atoms with Gasteiger partial charge in [0.15, 0.2) is 0 Å². The summed E-state index contributed by atoms with van der Waals surface area (Å²) in [4.78, 5) is 0. The Kier molecular flexibility index (Phi) is 3.19. The molecule has 0 saturated heterocycles. The first-order valence-electron chi connectivity index (χ1n) is 4.53. The summed E-state index contributed by atoms with van der Waals surface area (Å²) in [5.74, 6) is 0.0802. The number of benzene rings is 2. The summed E-state index contributed by atoms with van der Waals surface area (Å²) < 4.78 is 31.6. The maximum absolute atomic E-state index is 13.0. The predicted octanol–water partition coefficient (Wildman–Crippen LogP) is 4.52. The van der Waals surface area contributed by atoms with E-state index in [2.05, 4.69) is 15.9 Å². The highest BCUT2D eigenvalue weighted by molar-refractivity contribution is 9.10. The first-order valence-corrected chi connectivity index (χ1v) is 5.32. The number of hydrogen-bond donors (Lipinski definition) is 0. The van der Waals surface area contributed by atoms with Gasteiger partial charge in [0.05, 0.1) is 0 Å². The van der Waals surface area contributed by atoms with Gasteiger partial charge in [-0.25, -0.2) is 8.78 Å². The molecule has 4 heteroatoms. The predicted molar refractivity (Wildman–Crippen MR) is 60.6 cm³/mol. The van der Waals surface area contributed by atoms with Crippen LogP contribution in [0.1, 0.15) is 0 Å². The minimum absolute atomic E-state index is 0.340. The summed E-state index contributed by atoms with van der Waals surface area (Å²) in [7, 11) is 0. The monoisotopic (exact) mass is 284 g/mol. The zero-order chi connectivity index (χ0) is 11.5. The van der Waals surface area contributed by atoms with Gasteiger partial charge >= 0.3 is 0 Å². The molecule has 0 atom stereocenters. The van der Waals surface area contributed by atoms with E-state index in [-0.39, 0.29) is 5.82 Å². The van der Waals surface area contributed by atoms with Crippen molar-refractivity contribution in [2.24, 2.45) is 0 Å². The zero-order valence-electron chi connectivity index (χ0n) is 8.08. The van der Waals surface area contributed by atoms with Gasteiger partial charge in [-0.3, -0.25) is 0 Å². The van der Waals surface area contributed by atoms with Crippen molar-refractivity contribution in [2.45, 2.75) is 0 Å². The van der Waals surface area contributed by atoms with E-state index in [1.807, 2.05) is 0 Å². The Labute approximate surface area is 99.8 Å². The van der Waals surface area contributed by atoms with Gasteiger partial charge in [0.2, 0.25) is 0 Å². The molecule has 0 fully saturated rings. The summed E-state index contributed by atoms with van der Waals surface area (Å²) in [6, 6.07) is 9.74. The maximum atomic E-state index is 13.0. The molecule has 0 aliphatic heterocycles. The fraction of sp³-hybridized carbons (Fsp3) is 0. The highest BCUT2D eigenvalue weighted by Crippen LogP contribution is 2.25. The number of rotatable bonds is 2. The molecule has 0 amide bonds. The average molecular weight is 285 g/mol. The van der Waals surface area contributed by atoms with E-state index >= 15 is 0 Å². The van der Waals surface area contributed by atoms with Crippen molar-refractivity contribution in [3.63, 3.8) is 0 Å². The summed E-state index contributed by atoms with van der Waals surface area (Å²) in [5, 5.41) is 0. The van der Waals surface area contributed by atoms with Crippen LogP contribution >= 0.6 is 15.9 Å². The van der Waals surface area contributed by atoms with Crippen LogP contribution in [0.4, 0.5) is 8.78 Å². The van der Waals surface area contributed by atoms with Crippen molar-refractivity contribution in [1.29, 1.82) is 0 Å². The van der Waals surface area contributed by atoms with Gasteiger partial charge in [-0.2, -0.15) is 0 Å². The molecule has 0 unspecified atom stereocenters. The average Bonchev–Trinajstić information content (AvgIpc) is 2.20. The second-order valence-corrected chi connectivity index (χ2v) is 4.08. The molecular formula is C12H7BrF2O. The number of ether oxygens (including phenoxy) is 1. The summed E-state index contributed by atoms with van der Waals surface area (Å²) in [6.45, 7) is 0. The second-order valence-electron chi connectivity index (χ2n) is 3.16. The molecule has 0 radical (unpaired) electrons. The van der Waals surface area contributed by atoms with Gasteiger partial charge in [0.1, 0.15) is 23.1 Å². The van der Waals surface area contributed by atoms with Crippen LogP contribution in [-0.4, -0.2) is 0 Å². The van der Waals surface area contributed by atoms with E-state index in [0.29, 0.717) is 16.0 Å². The van der Waals surface area contributed by atoms with Crippen molar-refractivity contribution in [2.75, 3.05) is 0 Å².